The van der Waals surface area contributed by atoms with Gasteiger partial charge in [-0.05, 0) is 42.7 Å². The minimum atomic E-state index is 0.0988. The fraction of sp³-hybridized carbons (Fsp3) is 0.538. The van der Waals surface area contributed by atoms with Gasteiger partial charge in [0.2, 0.25) is 0 Å². The molecule has 0 aliphatic carbocycles. The molecule has 0 aromatic carbocycles. The third-order valence-corrected chi connectivity index (χ3v) is 4.34. The Morgan fingerprint density at radius 1 is 1.47 bits per heavy atom. The maximum absolute atomic E-state index is 4.63. The summed E-state index contributed by atoms with van der Waals surface area (Å²) in [6.07, 6.45) is 2.95. The van der Waals surface area contributed by atoms with Crippen molar-refractivity contribution in [1.29, 1.82) is 0 Å². The standard InChI is InChI=1S/C13H19BrN4S/c1-4-6-15-12(11-8-19-9(3)17-11)13-10(14)7-16-18(13)5-2/h7-8,12,15H,4-6H2,1-3H3. The minimum absolute atomic E-state index is 0.0988. The van der Waals surface area contributed by atoms with Crippen LogP contribution < -0.4 is 5.32 Å². The summed E-state index contributed by atoms with van der Waals surface area (Å²) in [5.41, 5.74) is 2.23. The molecule has 2 rings (SSSR count). The average Bonchev–Trinajstić information content (AvgIpc) is 2.98. The number of aromatic nitrogens is 3. The molecule has 0 radical (unpaired) electrons. The fourth-order valence-electron chi connectivity index (χ4n) is 2.05. The molecule has 0 aliphatic heterocycles. The van der Waals surface area contributed by atoms with Gasteiger partial charge in [0.1, 0.15) is 0 Å². The third-order valence-electron chi connectivity index (χ3n) is 2.94. The summed E-state index contributed by atoms with van der Waals surface area (Å²) in [4.78, 5) is 4.63. The third kappa shape index (κ3) is 3.24. The van der Waals surface area contributed by atoms with Crippen molar-refractivity contribution in [3.63, 3.8) is 0 Å². The normalized spacial score (nSPS) is 12.8. The molecular formula is C13H19BrN4S. The second-order valence-electron chi connectivity index (χ2n) is 4.37. The van der Waals surface area contributed by atoms with Gasteiger partial charge < -0.3 is 5.32 Å². The van der Waals surface area contributed by atoms with Crippen LogP contribution in [0.1, 0.15) is 42.7 Å². The number of thiazole rings is 1. The van der Waals surface area contributed by atoms with Crippen LogP contribution in [0.4, 0.5) is 0 Å². The molecule has 0 spiro atoms. The maximum atomic E-state index is 4.63. The van der Waals surface area contributed by atoms with Crippen molar-refractivity contribution >= 4 is 27.3 Å². The fourth-order valence-corrected chi connectivity index (χ4v) is 3.22. The smallest absolute Gasteiger partial charge is 0.0942 e. The monoisotopic (exact) mass is 342 g/mol. The number of rotatable bonds is 6. The van der Waals surface area contributed by atoms with E-state index in [-0.39, 0.29) is 6.04 Å². The van der Waals surface area contributed by atoms with E-state index in [1.807, 2.05) is 17.8 Å². The van der Waals surface area contributed by atoms with Crippen LogP contribution in [-0.4, -0.2) is 21.3 Å². The Labute approximate surface area is 126 Å². The summed E-state index contributed by atoms with van der Waals surface area (Å²) in [5.74, 6) is 0. The van der Waals surface area contributed by atoms with Crippen molar-refractivity contribution in [2.45, 2.75) is 39.8 Å². The zero-order valence-electron chi connectivity index (χ0n) is 11.5. The van der Waals surface area contributed by atoms with Crippen molar-refractivity contribution in [2.75, 3.05) is 6.54 Å². The minimum Gasteiger partial charge on any atom is -0.304 e. The molecule has 0 amide bonds. The Bertz CT molecular complexity index is 534. The van der Waals surface area contributed by atoms with E-state index in [1.165, 1.54) is 0 Å². The van der Waals surface area contributed by atoms with Gasteiger partial charge >= 0.3 is 0 Å². The summed E-state index contributed by atoms with van der Waals surface area (Å²) < 4.78 is 3.06. The van der Waals surface area contributed by atoms with Crippen LogP contribution in [0, 0.1) is 6.92 Å². The summed E-state index contributed by atoms with van der Waals surface area (Å²) >= 11 is 5.29. The lowest BCUT2D eigenvalue weighted by Crippen LogP contribution is -2.26. The van der Waals surface area contributed by atoms with Crippen LogP contribution in [-0.2, 0) is 6.54 Å². The van der Waals surface area contributed by atoms with Gasteiger partial charge in [-0.1, -0.05) is 6.92 Å². The summed E-state index contributed by atoms with van der Waals surface area (Å²) in [6.45, 7) is 8.13. The van der Waals surface area contributed by atoms with Gasteiger partial charge in [-0.3, -0.25) is 4.68 Å². The lowest BCUT2D eigenvalue weighted by atomic mass is 10.1. The van der Waals surface area contributed by atoms with Gasteiger partial charge in [0.15, 0.2) is 0 Å². The first-order chi connectivity index (χ1) is 9.17. The molecule has 0 fully saturated rings. The van der Waals surface area contributed by atoms with Crippen LogP contribution in [0.25, 0.3) is 0 Å². The highest BCUT2D eigenvalue weighted by atomic mass is 79.9. The Hall–Kier alpha value is -0.720. The van der Waals surface area contributed by atoms with Crippen molar-refractivity contribution in [3.8, 4) is 0 Å². The zero-order chi connectivity index (χ0) is 13.8. The van der Waals surface area contributed by atoms with E-state index in [4.69, 9.17) is 0 Å². The Balaban J connectivity index is 2.39. The van der Waals surface area contributed by atoms with E-state index >= 15 is 0 Å². The average molecular weight is 343 g/mol. The lowest BCUT2D eigenvalue weighted by molar-refractivity contribution is 0.521. The number of aryl methyl sites for hydroxylation is 2. The number of hydrogen-bond donors (Lipinski definition) is 1. The first kappa shape index (κ1) is 14.7. The molecule has 4 nitrogen and oxygen atoms in total. The largest absolute Gasteiger partial charge is 0.304 e. The molecule has 19 heavy (non-hydrogen) atoms. The van der Waals surface area contributed by atoms with E-state index in [0.717, 1.165) is 40.4 Å². The van der Waals surface area contributed by atoms with Crippen molar-refractivity contribution < 1.29 is 0 Å². The van der Waals surface area contributed by atoms with Gasteiger partial charge in [-0.15, -0.1) is 11.3 Å². The van der Waals surface area contributed by atoms with Gasteiger partial charge in [0, 0.05) is 11.9 Å². The Morgan fingerprint density at radius 3 is 2.84 bits per heavy atom. The lowest BCUT2D eigenvalue weighted by Gasteiger charge is -2.18. The number of nitrogens with zero attached hydrogens (tertiary/aromatic N) is 3. The van der Waals surface area contributed by atoms with Crippen molar-refractivity contribution in [2.24, 2.45) is 0 Å². The predicted octanol–water partition coefficient (Wildman–Crippen LogP) is 3.52. The quantitative estimate of drug-likeness (QED) is 0.873. The molecule has 1 atom stereocenters. The van der Waals surface area contributed by atoms with Gasteiger partial charge in [-0.25, -0.2) is 4.98 Å². The molecule has 6 heteroatoms. The molecule has 2 aromatic heterocycles. The predicted molar refractivity (Wildman–Crippen MR) is 82.6 cm³/mol. The van der Waals surface area contributed by atoms with E-state index in [1.54, 1.807) is 11.3 Å². The molecule has 2 aromatic rings. The van der Waals surface area contributed by atoms with E-state index < -0.39 is 0 Å². The van der Waals surface area contributed by atoms with Crippen LogP contribution >= 0.6 is 27.3 Å². The second kappa shape index (κ2) is 6.63. The SMILES string of the molecule is CCCNC(c1csc(C)n1)c1c(Br)cnn1CC. The molecular weight excluding hydrogens is 324 g/mol. The van der Waals surface area contributed by atoms with E-state index in [0.29, 0.717) is 0 Å². The molecule has 0 aliphatic rings. The first-order valence-electron chi connectivity index (χ1n) is 6.54. The van der Waals surface area contributed by atoms with E-state index in [2.05, 4.69) is 50.6 Å². The molecule has 1 N–H and O–H groups in total. The number of halogens is 1. The van der Waals surface area contributed by atoms with Crippen molar-refractivity contribution in [1.82, 2.24) is 20.1 Å². The molecule has 0 saturated carbocycles. The highest BCUT2D eigenvalue weighted by molar-refractivity contribution is 9.10. The molecule has 2 heterocycles. The Morgan fingerprint density at radius 2 is 2.26 bits per heavy atom. The van der Waals surface area contributed by atoms with Crippen LogP contribution in [0.5, 0.6) is 0 Å². The summed E-state index contributed by atoms with van der Waals surface area (Å²) in [5, 5.41) is 11.2. The molecule has 0 bridgehead atoms. The zero-order valence-corrected chi connectivity index (χ0v) is 13.9. The highest BCUT2D eigenvalue weighted by Crippen LogP contribution is 2.29. The van der Waals surface area contributed by atoms with Gasteiger partial charge in [0.05, 0.1) is 33.1 Å². The molecule has 104 valence electrons. The molecule has 0 saturated heterocycles. The summed E-state index contributed by atoms with van der Waals surface area (Å²) in [7, 11) is 0. The van der Waals surface area contributed by atoms with Crippen LogP contribution in [0.3, 0.4) is 0 Å². The topological polar surface area (TPSA) is 42.7 Å². The van der Waals surface area contributed by atoms with Gasteiger partial charge in [0.25, 0.3) is 0 Å². The highest BCUT2D eigenvalue weighted by Gasteiger charge is 2.22. The summed E-state index contributed by atoms with van der Waals surface area (Å²) in [6, 6.07) is 0.0988. The van der Waals surface area contributed by atoms with Gasteiger partial charge in [-0.2, -0.15) is 5.10 Å². The number of nitrogens with one attached hydrogen (secondary N) is 1. The molecule has 1 unspecified atom stereocenters. The first-order valence-corrected chi connectivity index (χ1v) is 8.21. The second-order valence-corrected chi connectivity index (χ2v) is 6.29. The van der Waals surface area contributed by atoms with Crippen LogP contribution in [0.2, 0.25) is 0 Å². The number of hydrogen-bond acceptors (Lipinski definition) is 4. The van der Waals surface area contributed by atoms with Crippen molar-refractivity contribution in [3.05, 3.63) is 32.4 Å². The maximum Gasteiger partial charge on any atom is 0.0942 e. The van der Waals surface area contributed by atoms with E-state index in [9.17, 15) is 0 Å². The Kier molecular flexibility index (Phi) is 5.13. The van der Waals surface area contributed by atoms with Crippen LogP contribution in [0.15, 0.2) is 16.0 Å².